The molecule has 0 saturated heterocycles. The minimum Gasteiger partial charge on any atom is -0.398 e. The molecule has 110 valence electrons. The summed E-state index contributed by atoms with van der Waals surface area (Å²) in [5, 5.41) is 8.80. The standard InChI is InChI=1S/C13H14N4O2S2/c1-9-12(20-8-16-9)7-17(2)21(18,19)13-4-3-10(6-14)5-11(13)15/h3-5,8H,7,15H2,1-2H3. The van der Waals surface area contributed by atoms with Crippen LogP contribution in [0.15, 0.2) is 28.6 Å². The Hall–Kier alpha value is -1.95. The molecule has 2 aromatic rings. The maximum Gasteiger partial charge on any atom is 0.245 e. The number of sulfonamides is 1. The maximum atomic E-state index is 12.5. The first-order valence-electron chi connectivity index (χ1n) is 6.01. The minimum absolute atomic E-state index is 0.00571. The highest BCUT2D eigenvalue weighted by Gasteiger charge is 2.24. The molecule has 0 fully saturated rings. The van der Waals surface area contributed by atoms with E-state index in [1.54, 1.807) is 5.51 Å². The predicted octanol–water partition coefficient (Wildman–Crippen LogP) is 1.73. The predicted molar refractivity (Wildman–Crippen MR) is 81.1 cm³/mol. The van der Waals surface area contributed by atoms with Gasteiger partial charge in [-0.05, 0) is 25.1 Å². The van der Waals surface area contributed by atoms with Crippen molar-refractivity contribution in [3.63, 3.8) is 0 Å². The van der Waals surface area contributed by atoms with Gasteiger partial charge in [0.15, 0.2) is 0 Å². The van der Waals surface area contributed by atoms with E-state index in [2.05, 4.69) is 4.98 Å². The lowest BCUT2D eigenvalue weighted by Gasteiger charge is -2.18. The molecule has 1 heterocycles. The molecule has 0 saturated carbocycles. The lowest BCUT2D eigenvalue weighted by molar-refractivity contribution is 0.469. The lowest BCUT2D eigenvalue weighted by atomic mass is 10.2. The number of anilines is 1. The number of nitriles is 1. The van der Waals surface area contributed by atoms with E-state index in [1.165, 1.54) is 40.9 Å². The SMILES string of the molecule is Cc1ncsc1CN(C)S(=O)(=O)c1ccc(C#N)cc1N. The summed E-state index contributed by atoms with van der Waals surface area (Å²) in [6.07, 6.45) is 0. The second-order valence-electron chi connectivity index (χ2n) is 4.49. The van der Waals surface area contributed by atoms with Crippen LogP contribution in [0.1, 0.15) is 16.1 Å². The molecule has 0 amide bonds. The molecule has 0 radical (unpaired) electrons. The zero-order chi connectivity index (χ0) is 15.6. The summed E-state index contributed by atoms with van der Waals surface area (Å²) in [5.41, 5.74) is 8.65. The number of hydrogen-bond donors (Lipinski definition) is 1. The molecule has 0 aliphatic rings. The topological polar surface area (TPSA) is 100 Å². The van der Waals surface area contributed by atoms with Crippen LogP contribution in [0.25, 0.3) is 0 Å². The molecule has 0 bridgehead atoms. The average Bonchev–Trinajstić information content (AvgIpc) is 2.83. The van der Waals surface area contributed by atoms with Crippen molar-refractivity contribution < 1.29 is 8.42 Å². The summed E-state index contributed by atoms with van der Waals surface area (Å²) in [6.45, 7) is 2.07. The van der Waals surface area contributed by atoms with Crippen molar-refractivity contribution >= 4 is 27.0 Å². The van der Waals surface area contributed by atoms with Gasteiger partial charge < -0.3 is 5.73 Å². The number of thiazole rings is 1. The number of hydrogen-bond acceptors (Lipinski definition) is 6. The van der Waals surface area contributed by atoms with Crippen LogP contribution in [0, 0.1) is 18.3 Å². The van der Waals surface area contributed by atoms with Crippen LogP contribution in [-0.4, -0.2) is 24.8 Å². The number of benzene rings is 1. The number of nitrogens with zero attached hydrogens (tertiary/aromatic N) is 3. The van der Waals surface area contributed by atoms with Crippen molar-refractivity contribution in [2.24, 2.45) is 0 Å². The van der Waals surface area contributed by atoms with Gasteiger partial charge in [-0.3, -0.25) is 0 Å². The highest BCUT2D eigenvalue weighted by molar-refractivity contribution is 7.89. The molecule has 0 aliphatic carbocycles. The summed E-state index contributed by atoms with van der Waals surface area (Å²) in [4.78, 5) is 4.99. The first-order valence-corrected chi connectivity index (χ1v) is 8.33. The third-order valence-electron chi connectivity index (χ3n) is 3.04. The highest BCUT2D eigenvalue weighted by atomic mass is 32.2. The number of aryl methyl sites for hydroxylation is 1. The molecule has 6 nitrogen and oxygen atoms in total. The fraction of sp³-hybridized carbons (Fsp3) is 0.231. The first kappa shape index (κ1) is 15.4. The third-order valence-corrected chi connectivity index (χ3v) is 5.84. The minimum atomic E-state index is -3.71. The summed E-state index contributed by atoms with van der Waals surface area (Å²) >= 11 is 1.41. The van der Waals surface area contributed by atoms with E-state index in [1.807, 2.05) is 13.0 Å². The van der Waals surface area contributed by atoms with Gasteiger partial charge in [0.25, 0.3) is 0 Å². The summed E-state index contributed by atoms with van der Waals surface area (Å²) in [7, 11) is -2.22. The molecule has 21 heavy (non-hydrogen) atoms. The summed E-state index contributed by atoms with van der Waals surface area (Å²) in [5.74, 6) is 0. The third kappa shape index (κ3) is 3.05. The lowest BCUT2D eigenvalue weighted by Crippen LogP contribution is -2.27. The van der Waals surface area contributed by atoms with E-state index in [0.29, 0.717) is 5.56 Å². The van der Waals surface area contributed by atoms with Crippen molar-refractivity contribution in [3.05, 3.63) is 39.8 Å². The molecule has 2 rings (SSSR count). The van der Waals surface area contributed by atoms with E-state index < -0.39 is 10.0 Å². The van der Waals surface area contributed by atoms with Crippen LogP contribution < -0.4 is 5.73 Å². The summed E-state index contributed by atoms with van der Waals surface area (Å²) in [6, 6.07) is 6.08. The van der Waals surface area contributed by atoms with Gasteiger partial charge in [0, 0.05) is 18.5 Å². The van der Waals surface area contributed by atoms with Gasteiger partial charge in [-0.1, -0.05) is 0 Å². The van der Waals surface area contributed by atoms with E-state index in [9.17, 15) is 8.42 Å². The fourth-order valence-corrected chi connectivity index (χ4v) is 3.93. The molecule has 0 aliphatic heterocycles. The first-order chi connectivity index (χ1) is 9.86. The molecule has 1 aromatic carbocycles. The number of nitrogen functional groups attached to an aromatic ring is 1. The number of rotatable bonds is 4. The monoisotopic (exact) mass is 322 g/mol. The van der Waals surface area contributed by atoms with Gasteiger partial charge in [-0.25, -0.2) is 13.4 Å². The van der Waals surface area contributed by atoms with Crippen LogP contribution in [-0.2, 0) is 16.6 Å². The maximum absolute atomic E-state index is 12.5. The zero-order valence-corrected chi connectivity index (χ0v) is 13.2. The molecular weight excluding hydrogens is 308 g/mol. The van der Waals surface area contributed by atoms with Crippen molar-refractivity contribution in [2.45, 2.75) is 18.4 Å². The van der Waals surface area contributed by atoms with E-state index >= 15 is 0 Å². The summed E-state index contributed by atoms with van der Waals surface area (Å²) < 4.78 is 26.3. The van der Waals surface area contributed by atoms with Gasteiger partial charge >= 0.3 is 0 Å². The second kappa shape index (κ2) is 5.81. The van der Waals surface area contributed by atoms with Crippen LogP contribution in [0.3, 0.4) is 0 Å². The Balaban J connectivity index is 2.34. The van der Waals surface area contributed by atoms with Crippen LogP contribution in [0.2, 0.25) is 0 Å². The Bertz CT molecular complexity index is 806. The Morgan fingerprint density at radius 3 is 2.71 bits per heavy atom. The highest BCUT2D eigenvalue weighted by Crippen LogP contribution is 2.25. The molecule has 8 heteroatoms. The van der Waals surface area contributed by atoms with Gasteiger partial charge in [-0.15, -0.1) is 11.3 Å². The Morgan fingerprint density at radius 2 is 2.19 bits per heavy atom. The molecule has 0 atom stereocenters. The van der Waals surface area contributed by atoms with E-state index in [0.717, 1.165) is 10.6 Å². The molecule has 2 N–H and O–H groups in total. The fourth-order valence-electron chi connectivity index (χ4n) is 1.79. The van der Waals surface area contributed by atoms with Gasteiger partial charge in [0.2, 0.25) is 10.0 Å². The average molecular weight is 322 g/mol. The van der Waals surface area contributed by atoms with Gasteiger partial charge in [0.05, 0.1) is 28.5 Å². The number of nitrogens with two attached hydrogens (primary N) is 1. The Morgan fingerprint density at radius 1 is 1.48 bits per heavy atom. The normalized spacial score (nSPS) is 11.5. The van der Waals surface area contributed by atoms with E-state index in [4.69, 9.17) is 11.0 Å². The van der Waals surface area contributed by atoms with E-state index in [-0.39, 0.29) is 17.1 Å². The molecule has 0 unspecified atom stereocenters. The van der Waals surface area contributed by atoms with Crippen molar-refractivity contribution in [1.82, 2.24) is 9.29 Å². The number of aromatic nitrogens is 1. The van der Waals surface area contributed by atoms with Crippen LogP contribution in [0.4, 0.5) is 5.69 Å². The zero-order valence-electron chi connectivity index (χ0n) is 11.6. The molecule has 0 spiro atoms. The van der Waals surface area contributed by atoms with Crippen molar-refractivity contribution in [3.8, 4) is 6.07 Å². The molecular formula is C13H14N4O2S2. The van der Waals surface area contributed by atoms with Crippen LogP contribution >= 0.6 is 11.3 Å². The van der Waals surface area contributed by atoms with Crippen molar-refractivity contribution in [1.29, 1.82) is 5.26 Å². The largest absolute Gasteiger partial charge is 0.398 e. The second-order valence-corrected chi connectivity index (χ2v) is 7.44. The van der Waals surface area contributed by atoms with Gasteiger partial charge in [-0.2, -0.15) is 9.57 Å². The van der Waals surface area contributed by atoms with Gasteiger partial charge in [0.1, 0.15) is 4.90 Å². The smallest absolute Gasteiger partial charge is 0.245 e. The van der Waals surface area contributed by atoms with Crippen molar-refractivity contribution in [2.75, 3.05) is 12.8 Å². The quantitative estimate of drug-likeness (QED) is 0.864. The Labute approximate surface area is 127 Å². The Kier molecular flexibility index (Phi) is 4.27. The van der Waals surface area contributed by atoms with Crippen LogP contribution in [0.5, 0.6) is 0 Å². The molecule has 1 aromatic heterocycles.